The number of likely N-dealkylation sites (N-methyl/N-ethyl adjacent to an activating group) is 1. The number of anilines is 1. The van der Waals surface area contributed by atoms with E-state index in [9.17, 15) is 14.4 Å². The van der Waals surface area contributed by atoms with Crippen LogP contribution in [0, 0.1) is 0 Å². The van der Waals surface area contributed by atoms with Crippen molar-refractivity contribution in [3.8, 4) is 0 Å². The molecule has 106 valence electrons. The number of primary amides is 1. The summed E-state index contributed by atoms with van der Waals surface area (Å²) in [6, 6.07) is 6.57. The SMILES string of the molecule is CCN1C(=O)CC(Nc2ccc(CC(N)=O)cc2)C1=O. The average molecular weight is 275 g/mol. The van der Waals surface area contributed by atoms with Crippen LogP contribution >= 0.6 is 0 Å². The van der Waals surface area contributed by atoms with Gasteiger partial charge in [-0.1, -0.05) is 12.1 Å². The second kappa shape index (κ2) is 5.73. The fourth-order valence-electron chi connectivity index (χ4n) is 2.25. The van der Waals surface area contributed by atoms with Crippen LogP contribution in [-0.2, 0) is 20.8 Å². The molecule has 1 aromatic rings. The van der Waals surface area contributed by atoms with E-state index >= 15 is 0 Å². The van der Waals surface area contributed by atoms with Crippen molar-refractivity contribution in [2.75, 3.05) is 11.9 Å². The molecule has 1 fully saturated rings. The molecule has 1 saturated heterocycles. The summed E-state index contributed by atoms with van der Waals surface area (Å²) in [5, 5.41) is 3.04. The van der Waals surface area contributed by atoms with E-state index in [0.717, 1.165) is 11.3 Å². The molecule has 1 unspecified atom stereocenters. The summed E-state index contributed by atoms with van der Waals surface area (Å²) in [7, 11) is 0. The van der Waals surface area contributed by atoms with Gasteiger partial charge in [-0.2, -0.15) is 0 Å². The molecule has 1 aliphatic heterocycles. The molecular weight excluding hydrogens is 258 g/mol. The molecule has 0 aromatic heterocycles. The summed E-state index contributed by atoms with van der Waals surface area (Å²) < 4.78 is 0. The average Bonchev–Trinajstić information content (AvgIpc) is 2.66. The standard InChI is InChI=1S/C14H17N3O3/c1-2-17-13(19)8-11(14(17)20)16-10-5-3-9(4-6-10)7-12(15)18/h3-6,11,16H,2,7-8H2,1H3,(H2,15,18). The Labute approximate surface area is 116 Å². The summed E-state index contributed by atoms with van der Waals surface area (Å²) >= 11 is 0. The van der Waals surface area contributed by atoms with Gasteiger partial charge in [-0.25, -0.2) is 0 Å². The van der Waals surface area contributed by atoms with E-state index in [1.165, 1.54) is 4.90 Å². The van der Waals surface area contributed by atoms with Crippen molar-refractivity contribution in [1.29, 1.82) is 0 Å². The number of nitrogens with zero attached hydrogens (tertiary/aromatic N) is 1. The monoisotopic (exact) mass is 275 g/mol. The minimum atomic E-state index is -0.510. The van der Waals surface area contributed by atoms with Crippen LogP contribution in [0.25, 0.3) is 0 Å². The van der Waals surface area contributed by atoms with E-state index in [1.807, 2.05) is 0 Å². The van der Waals surface area contributed by atoms with E-state index in [4.69, 9.17) is 5.73 Å². The van der Waals surface area contributed by atoms with Crippen molar-refractivity contribution in [2.24, 2.45) is 5.73 Å². The Hall–Kier alpha value is -2.37. The first-order chi connectivity index (χ1) is 9.51. The van der Waals surface area contributed by atoms with Crippen molar-refractivity contribution in [2.45, 2.75) is 25.8 Å². The minimum absolute atomic E-state index is 0.152. The third-order valence-corrected chi connectivity index (χ3v) is 3.23. The third-order valence-electron chi connectivity index (χ3n) is 3.23. The van der Waals surface area contributed by atoms with Crippen LogP contribution in [0.2, 0.25) is 0 Å². The first-order valence-electron chi connectivity index (χ1n) is 6.49. The second-order valence-electron chi connectivity index (χ2n) is 4.72. The molecule has 0 radical (unpaired) electrons. The van der Waals surface area contributed by atoms with Gasteiger partial charge in [-0.3, -0.25) is 19.3 Å². The molecule has 3 amide bonds. The lowest BCUT2D eigenvalue weighted by Crippen LogP contribution is -2.34. The summed E-state index contributed by atoms with van der Waals surface area (Å²) in [5.74, 6) is -0.736. The maximum absolute atomic E-state index is 11.9. The van der Waals surface area contributed by atoms with E-state index in [1.54, 1.807) is 31.2 Å². The number of rotatable bonds is 5. The highest BCUT2D eigenvalue weighted by Gasteiger charge is 2.37. The maximum Gasteiger partial charge on any atom is 0.252 e. The van der Waals surface area contributed by atoms with Crippen molar-refractivity contribution in [3.05, 3.63) is 29.8 Å². The largest absolute Gasteiger partial charge is 0.373 e. The summed E-state index contributed by atoms with van der Waals surface area (Å²) in [6.45, 7) is 2.17. The van der Waals surface area contributed by atoms with Crippen LogP contribution in [0.15, 0.2) is 24.3 Å². The van der Waals surface area contributed by atoms with E-state index in [-0.39, 0.29) is 30.6 Å². The fraction of sp³-hybridized carbons (Fsp3) is 0.357. The van der Waals surface area contributed by atoms with Gasteiger partial charge in [0.05, 0.1) is 12.8 Å². The molecule has 1 aromatic carbocycles. The van der Waals surface area contributed by atoms with Gasteiger partial charge in [0.25, 0.3) is 5.91 Å². The number of hydrogen-bond acceptors (Lipinski definition) is 4. The second-order valence-corrected chi connectivity index (χ2v) is 4.72. The topological polar surface area (TPSA) is 92.5 Å². The summed E-state index contributed by atoms with van der Waals surface area (Å²) in [4.78, 5) is 35.6. The number of nitrogens with two attached hydrogens (primary N) is 1. The molecule has 0 spiro atoms. The molecule has 20 heavy (non-hydrogen) atoms. The van der Waals surface area contributed by atoms with E-state index in [2.05, 4.69) is 5.32 Å². The third kappa shape index (κ3) is 2.96. The highest BCUT2D eigenvalue weighted by Crippen LogP contribution is 2.18. The molecule has 6 heteroatoms. The van der Waals surface area contributed by atoms with Gasteiger partial charge in [0.1, 0.15) is 6.04 Å². The first-order valence-corrected chi connectivity index (χ1v) is 6.49. The van der Waals surface area contributed by atoms with Gasteiger partial charge in [0.15, 0.2) is 0 Å². The Balaban J connectivity index is 2.02. The predicted octanol–water partition coefficient (Wildman–Crippen LogP) is 0.274. The Bertz CT molecular complexity index is 539. The molecule has 1 heterocycles. The van der Waals surface area contributed by atoms with Crippen LogP contribution < -0.4 is 11.1 Å². The quantitative estimate of drug-likeness (QED) is 0.755. The Kier molecular flexibility index (Phi) is 4.02. The Morgan fingerprint density at radius 1 is 1.35 bits per heavy atom. The summed E-state index contributed by atoms with van der Waals surface area (Å²) in [5.41, 5.74) is 6.67. The molecule has 1 atom stereocenters. The number of nitrogens with one attached hydrogen (secondary N) is 1. The van der Waals surface area contributed by atoms with Crippen LogP contribution in [0.3, 0.4) is 0 Å². The number of likely N-dealkylation sites (tertiary alicyclic amines) is 1. The van der Waals surface area contributed by atoms with Crippen LogP contribution in [0.1, 0.15) is 18.9 Å². The van der Waals surface area contributed by atoms with Crippen LogP contribution in [-0.4, -0.2) is 35.2 Å². The first kappa shape index (κ1) is 14.0. The molecule has 2 rings (SSSR count). The number of hydrogen-bond donors (Lipinski definition) is 2. The van der Waals surface area contributed by atoms with Gasteiger partial charge < -0.3 is 11.1 Å². The number of benzene rings is 1. The lowest BCUT2D eigenvalue weighted by atomic mass is 10.1. The normalized spacial score (nSPS) is 18.4. The molecule has 0 bridgehead atoms. The smallest absolute Gasteiger partial charge is 0.252 e. The van der Waals surface area contributed by atoms with Crippen molar-refractivity contribution in [1.82, 2.24) is 4.90 Å². The van der Waals surface area contributed by atoms with Gasteiger partial charge in [0, 0.05) is 12.2 Å². The molecule has 6 nitrogen and oxygen atoms in total. The zero-order valence-electron chi connectivity index (χ0n) is 11.3. The molecule has 0 saturated carbocycles. The number of carbonyl (C=O) groups is 3. The highest BCUT2D eigenvalue weighted by atomic mass is 16.2. The van der Waals surface area contributed by atoms with Gasteiger partial charge >= 0.3 is 0 Å². The number of amides is 3. The minimum Gasteiger partial charge on any atom is -0.373 e. The Morgan fingerprint density at radius 3 is 2.50 bits per heavy atom. The van der Waals surface area contributed by atoms with Crippen molar-refractivity contribution < 1.29 is 14.4 Å². The van der Waals surface area contributed by atoms with Crippen LogP contribution in [0.4, 0.5) is 5.69 Å². The molecular formula is C14H17N3O3. The Morgan fingerprint density at radius 2 is 2.00 bits per heavy atom. The van der Waals surface area contributed by atoms with Crippen molar-refractivity contribution in [3.63, 3.8) is 0 Å². The lowest BCUT2D eigenvalue weighted by Gasteiger charge is -2.14. The zero-order chi connectivity index (χ0) is 14.7. The molecule has 0 aliphatic carbocycles. The lowest BCUT2D eigenvalue weighted by molar-refractivity contribution is -0.138. The maximum atomic E-state index is 11.9. The summed E-state index contributed by atoms with van der Waals surface area (Å²) in [6.07, 6.45) is 0.362. The highest BCUT2D eigenvalue weighted by molar-refractivity contribution is 6.06. The molecule has 3 N–H and O–H groups in total. The number of carbonyl (C=O) groups excluding carboxylic acids is 3. The predicted molar refractivity (Wildman–Crippen MR) is 73.8 cm³/mol. The van der Waals surface area contributed by atoms with E-state index in [0.29, 0.717) is 6.54 Å². The van der Waals surface area contributed by atoms with Crippen LogP contribution in [0.5, 0.6) is 0 Å². The van der Waals surface area contributed by atoms with Crippen molar-refractivity contribution >= 4 is 23.4 Å². The fourth-order valence-corrected chi connectivity index (χ4v) is 2.25. The van der Waals surface area contributed by atoms with Gasteiger partial charge in [-0.05, 0) is 24.6 Å². The number of imide groups is 1. The zero-order valence-corrected chi connectivity index (χ0v) is 11.3. The van der Waals surface area contributed by atoms with Gasteiger partial charge in [-0.15, -0.1) is 0 Å². The van der Waals surface area contributed by atoms with Gasteiger partial charge in [0.2, 0.25) is 11.8 Å². The van der Waals surface area contributed by atoms with E-state index < -0.39 is 6.04 Å². The molecule has 1 aliphatic rings.